The van der Waals surface area contributed by atoms with Gasteiger partial charge in [-0.25, -0.2) is 4.39 Å². The number of carbonyl (C=O) groups excluding carboxylic acids is 1. The lowest BCUT2D eigenvalue weighted by atomic mass is 10.0. The Hall–Kier alpha value is -1.49. The Morgan fingerprint density at radius 2 is 2.30 bits per heavy atom. The van der Waals surface area contributed by atoms with Crippen LogP contribution < -0.4 is 5.73 Å². The van der Waals surface area contributed by atoms with Gasteiger partial charge in [-0.2, -0.15) is 0 Å². The van der Waals surface area contributed by atoms with Crippen molar-refractivity contribution < 1.29 is 9.18 Å². The summed E-state index contributed by atoms with van der Waals surface area (Å²) in [5.41, 5.74) is 6.66. The minimum atomic E-state index is -0.322. The van der Waals surface area contributed by atoms with Crippen LogP contribution in [0.5, 0.6) is 0 Å². The predicted molar refractivity (Wildman–Crippen MR) is 80.7 cm³/mol. The van der Waals surface area contributed by atoms with Crippen molar-refractivity contribution in [3.63, 3.8) is 0 Å². The Balaban J connectivity index is 2.12. The first kappa shape index (κ1) is 14.9. The zero-order valence-corrected chi connectivity index (χ0v) is 12.4. The molecular formula is C15H19FN2OS. The largest absolute Gasteiger partial charge is 0.389 e. The number of hydrogen-bond acceptors (Lipinski definition) is 2. The molecule has 5 heteroatoms. The van der Waals surface area contributed by atoms with Crippen molar-refractivity contribution in [2.45, 2.75) is 32.7 Å². The van der Waals surface area contributed by atoms with Crippen LogP contribution in [0, 0.1) is 11.7 Å². The van der Waals surface area contributed by atoms with Gasteiger partial charge in [0.15, 0.2) is 0 Å². The summed E-state index contributed by atoms with van der Waals surface area (Å²) < 4.78 is 13.8. The van der Waals surface area contributed by atoms with E-state index in [9.17, 15) is 9.18 Å². The zero-order chi connectivity index (χ0) is 14.7. The number of rotatable bonds is 5. The van der Waals surface area contributed by atoms with E-state index in [0.717, 1.165) is 12.8 Å². The zero-order valence-electron chi connectivity index (χ0n) is 11.6. The molecule has 20 heavy (non-hydrogen) atoms. The highest BCUT2D eigenvalue weighted by atomic mass is 32.1. The fourth-order valence-corrected chi connectivity index (χ4v) is 2.79. The molecule has 1 atom stereocenters. The summed E-state index contributed by atoms with van der Waals surface area (Å²) in [6.07, 6.45) is 2.68. The molecule has 0 radical (unpaired) electrons. The molecule has 3 nitrogen and oxygen atoms in total. The van der Waals surface area contributed by atoms with E-state index in [1.807, 2.05) is 0 Å². The molecule has 1 aromatic rings. The van der Waals surface area contributed by atoms with Crippen LogP contribution >= 0.6 is 12.2 Å². The molecule has 0 aromatic heterocycles. The second-order valence-corrected chi connectivity index (χ2v) is 5.74. The molecular weight excluding hydrogens is 275 g/mol. The van der Waals surface area contributed by atoms with Gasteiger partial charge in [0, 0.05) is 30.6 Å². The summed E-state index contributed by atoms with van der Waals surface area (Å²) >= 11 is 4.90. The fourth-order valence-electron chi connectivity index (χ4n) is 2.66. The molecule has 0 bridgehead atoms. The molecule has 108 valence electrons. The van der Waals surface area contributed by atoms with Gasteiger partial charge in [-0.15, -0.1) is 0 Å². The highest BCUT2D eigenvalue weighted by Gasteiger charge is 2.29. The van der Waals surface area contributed by atoms with Crippen molar-refractivity contribution in [3.8, 4) is 0 Å². The van der Waals surface area contributed by atoms with Gasteiger partial charge < -0.3 is 10.6 Å². The molecule has 1 aromatic carbocycles. The van der Waals surface area contributed by atoms with Crippen LogP contribution in [0.15, 0.2) is 18.2 Å². The van der Waals surface area contributed by atoms with Crippen LogP contribution in [0.2, 0.25) is 0 Å². The number of halogens is 1. The molecule has 1 unspecified atom stereocenters. The number of thiocarbonyl (C=S) groups is 1. The number of nitrogens with two attached hydrogens (primary N) is 1. The van der Waals surface area contributed by atoms with Crippen LogP contribution in [0.3, 0.4) is 0 Å². The third-order valence-corrected chi connectivity index (χ3v) is 3.92. The minimum absolute atomic E-state index is 0.101. The molecule has 1 fully saturated rings. The van der Waals surface area contributed by atoms with Crippen molar-refractivity contribution in [1.29, 1.82) is 0 Å². The molecule has 0 spiro atoms. The second kappa shape index (κ2) is 6.31. The average Bonchev–Trinajstić information content (AvgIpc) is 2.72. The van der Waals surface area contributed by atoms with E-state index in [2.05, 4.69) is 6.92 Å². The van der Waals surface area contributed by atoms with Crippen molar-refractivity contribution in [2.24, 2.45) is 11.7 Å². The quantitative estimate of drug-likeness (QED) is 0.849. The molecule has 2 rings (SSSR count). The van der Waals surface area contributed by atoms with E-state index in [-0.39, 0.29) is 16.7 Å². The smallest absolute Gasteiger partial charge is 0.223 e. The monoisotopic (exact) mass is 294 g/mol. The maximum absolute atomic E-state index is 13.8. The molecule has 1 aliphatic heterocycles. The van der Waals surface area contributed by atoms with E-state index >= 15 is 0 Å². The maximum atomic E-state index is 13.8. The van der Waals surface area contributed by atoms with Crippen molar-refractivity contribution in [3.05, 3.63) is 35.1 Å². The highest BCUT2D eigenvalue weighted by Crippen LogP contribution is 2.24. The van der Waals surface area contributed by atoms with Crippen LogP contribution in [0.25, 0.3) is 0 Å². The van der Waals surface area contributed by atoms with Crippen molar-refractivity contribution >= 4 is 23.1 Å². The van der Waals surface area contributed by atoms with Gasteiger partial charge >= 0.3 is 0 Å². The van der Waals surface area contributed by atoms with Gasteiger partial charge in [0.05, 0.1) is 0 Å². The summed E-state index contributed by atoms with van der Waals surface area (Å²) in [7, 11) is 0. The lowest BCUT2D eigenvalue weighted by molar-refractivity contribution is -0.128. The van der Waals surface area contributed by atoms with Crippen LogP contribution in [0.1, 0.15) is 37.3 Å². The van der Waals surface area contributed by atoms with E-state index < -0.39 is 0 Å². The molecule has 0 aliphatic carbocycles. The average molecular weight is 294 g/mol. The highest BCUT2D eigenvalue weighted by molar-refractivity contribution is 7.80. The SMILES string of the molecule is CCCC1CC(=O)N(Cc2cc(C(N)=S)ccc2F)C1. The van der Waals surface area contributed by atoms with Gasteiger partial charge in [-0.3, -0.25) is 4.79 Å². The van der Waals surface area contributed by atoms with Gasteiger partial charge in [0.1, 0.15) is 10.8 Å². The third kappa shape index (κ3) is 3.33. The number of carbonyl (C=O) groups is 1. The maximum Gasteiger partial charge on any atom is 0.223 e. The van der Waals surface area contributed by atoms with Crippen LogP contribution in [-0.4, -0.2) is 22.3 Å². The van der Waals surface area contributed by atoms with Crippen LogP contribution in [0.4, 0.5) is 4.39 Å². The Morgan fingerprint density at radius 1 is 1.55 bits per heavy atom. The Kier molecular flexibility index (Phi) is 4.70. The Labute approximate surface area is 123 Å². The standard InChI is InChI=1S/C15H19FN2OS/c1-2-3-10-6-14(19)18(8-10)9-12-7-11(15(17)20)4-5-13(12)16/h4-5,7,10H,2-3,6,8-9H2,1H3,(H2,17,20). The molecule has 2 N–H and O–H groups in total. The fraction of sp³-hybridized carbons (Fsp3) is 0.467. The normalized spacial score (nSPS) is 18.6. The van der Waals surface area contributed by atoms with Crippen molar-refractivity contribution in [2.75, 3.05) is 6.54 Å². The van der Waals surface area contributed by atoms with Gasteiger partial charge in [-0.1, -0.05) is 25.6 Å². The minimum Gasteiger partial charge on any atom is -0.389 e. The van der Waals surface area contributed by atoms with Gasteiger partial charge in [-0.05, 0) is 30.5 Å². The third-order valence-electron chi connectivity index (χ3n) is 3.68. The van der Waals surface area contributed by atoms with Gasteiger partial charge in [0.2, 0.25) is 5.91 Å². The van der Waals surface area contributed by atoms with E-state index in [4.69, 9.17) is 18.0 Å². The molecule has 1 heterocycles. The lowest BCUT2D eigenvalue weighted by Crippen LogP contribution is -2.25. The van der Waals surface area contributed by atoms with E-state index in [1.54, 1.807) is 17.0 Å². The number of amides is 1. The molecule has 1 aliphatic rings. The van der Waals surface area contributed by atoms with Crippen molar-refractivity contribution in [1.82, 2.24) is 4.90 Å². The number of nitrogens with zero attached hydrogens (tertiary/aromatic N) is 1. The second-order valence-electron chi connectivity index (χ2n) is 5.30. The van der Waals surface area contributed by atoms with E-state index in [1.165, 1.54) is 6.07 Å². The first-order chi connectivity index (χ1) is 9.51. The van der Waals surface area contributed by atoms with E-state index in [0.29, 0.717) is 36.6 Å². The summed E-state index contributed by atoms with van der Waals surface area (Å²) in [5.74, 6) is 0.176. The molecule has 0 saturated carbocycles. The first-order valence-electron chi connectivity index (χ1n) is 6.87. The van der Waals surface area contributed by atoms with Gasteiger partial charge in [0.25, 0.3) is 0 Å². The summed E-state index contributed by atoms with van der Waals surface area (Å²) in [6, 6.07) is 4.55. The Morgan fingerprint density at radius 3 is 2.95 bits per heavy atom. The Bertz CT molecular complexity index is 533. The summed E-state index contributed by atoms with van der Waals surface area (Å²) in [5, 5.41) is 0. The number of hydrogen-bond donors (Lipinski definition) is 1. The molecule has 1 saturated heterocycles. The predicted octanol–water partition coefficient (Wildman–Crippen LogP) is 2.61. The van der Waals surface area contributed by atoms with Crippen LogP contribution in [-0.2, 0) is 11.3 Å². The lowest BCUT2D eigenvalue weighted by Gasteiger charge is -2.17. The summed E-state index contributed by atoms with van der Waals surface area (Å²) in [4.78, 5) is 13.9. The number of likely N-dealkylation sites (tertiary alicyclic amines) is 1. The number of benzene rings is 1. The molecule has 1 amide bonds. The topological polar surface area (TPSA) is 46.3 Å². The first-order valence-corrected chi connectivity index (χ1v) is 7.28. The summed E-state index contributed by atoms with van der Waals surface area (Å²) in [6.45, 7) is 3.11.